The highest BCUT2D eigenvalue weighted by Crippen LogP contribution is 2.28. The molecule has 5 heteroatoms. The second-order valence-electron chi connectivity index (χ2n) is 7.85. The molecule has 0 radical (unpaired) electrons. The Bertz CT molecular complexity index is 599. The largest absolute Gasteiger partial charge is 0.341 e. The maximum Gasteiger partial charge on any atom is 0.222 e. The molecule has 0 spiro atoms. The van der Waals surface area contributed by atoms with E-state index in [1.54, 1.807) is 13.1 Å². The Labute approximate surface area is 156 Å². The molecule has 142 valence electrons. The molecule has 0 bridgehead atoms. The SMILES string of the molecule is CC(=O)N(Cc1cccnc1)C1CCCN(C(=O)CC2CCCCC2)C1. The summed E-state index contributed by atoms with van der Waals surface area (Å²) in [6.45, 7) is 3.70. The van der Waals surface area contributed by atoms with Crippen LogP contribution in [-0.4, -0.2) is 45.7 Å². The fourth-order valence-corrected chi connectivity index (χ4v) is 4.39. The van der Waals surface area contributed by atoms with Crippen molar-refractivity contribution in [3.05, 3.63) is 30.1 Å². The molecule has 2 amide bonds. The van der Waals surface area contributed by atoms with E-state index in [9.17, 15) is 9.59 Å². The van der Waals surface area contributed by atoms with E-state index in [1.807, 2.05) is 28.1 Å². The molecule has 1 unspecified atom stereocenters. The van der Waals surface area contributed by atoms with Gasteiger partial charge in [-0.25, -0.2) is 0 Å². The highest BCUT2D eigenvalue weighted by molar-refractivity contribution is 5.77. The van der Waals surface area contributed by atoms with E-state index in [0.717, 1.165) is 24.9 Å². The van der Waals surface area contributed by atoms with Gasteiger partial charge in [-0.15, -0.1) is 0 Å². The van der Waals surface area contributed by atoms with Crippen molar-refractivity contribution in [2.24, 2.45) is 5.92 Å². The predicted octanol–water partition coefficient (Wildman–Crippen LogP) is 3.39. The number of likely N-dealkylation sites (tertiary alicyclic amines) is 1. The molecule has 1 aliphatic carbocycles. The lowest BCUT2D eigenvalue weighted by Gasteiger charge is -2.39. The van der Waals surface area contributed by atoms with Crippen LogP contribution in [0.3, 0.4) is 0 Å². The topological polar surface area (TPSA) is 53.5 Å². The van der Waals surface area contributed by atoms with Gasteiger partial charge in [0.05, 0.1) is 0 Å². The van der Waals surface area contributed by atoms with Gasteiger partial charge in [-0.3, -0.25) is 14.6 Å². The summed E-state index contributed by atoms with van der Waals surface area (Å²) in [5.41, 5.74) is 1.04. The first-order valence-electron chi connectivity index (χ1n) is 10.1. The Morgan fingerprint density at radius 2 is 2.00 bits per heavy atom. The molecule has 1 aromatic heterocycles. The monoisotopic (exact) mass is 357 g/mol. The number of pyridine rings is 1. The van der Waals surface area contributed by atoms with Crippen LogP contribution >= 0.6 is 0 Å². The summed E-state index contributed by atoms with van der Waals surface area (Å²) < 4.78 is 0. The number of rotatable bonds is 5. The Morgan fingerprint density at radius 3 is 2.69 bits per heavy atom. The highest BCUT2D eigenvalue weighted by Gasteiger charge is 2.30. The fraction of sp³-hybridized carbons (Fsp3) is 0.667. The molecule has 2 aliphatic rings. The Morgan fingerprint density at radius 1 is 1.19 bits per heavy atom. The summed E-state index contributed by atoms with van der Waals surface area (Å²) in [5, 5.41) is 0. The van der Waals surface area contributed by atoms with E-state index >= 15 is 0 Å². The minimum atomic E-state index is 0.0698. The third kappa shape index (κ3) is 5.05. The molecule has 1 atom stereocenters. The second-order valence-corrected chi connectivity index (χ2v) is 7.85. The van der Waals surface area contributed by atoms with Crippen molar-refractivity contribution in [2.45, 2.75) is 70.9 Å². The van der Waals surface area contributed by atoms with Gasteiger partial charge in [0.15, 0.2) is 0 Å². The number of hydrogen-bond acceptors (Lipinski definition) is 3. The van der Waals surface area contributed by atoms with Gasteiger partial charge < -0.3 is 9.80 Å². The molecule has 2 heterocycles. The molecule has 1 saturated carbocycles. The van der Waals surface area contributed by atoms with Crippen molar-refractivity contribution >= 4 is 11.8 Å². The van der Waals surface area contributed by atoms with E-state index in [4.69, 9.17) is 0 Å². The number of carbonyl (C=O) groups is 2. The highest BCUT2D eigenvalue weighted by atomic mass is 16.2. The molecule has 5 nitrogen and oxygen atoms in total. The summed E-state index contributed by atoms with van der Waals surface area (Å²) in [6, 6.07) is 4.00. The van der Waals surface area contributed by atoms with E-state index < -0.39 is 0 Å². The van der Waals surface area contributed by atoms with Gasteiger partial charge in [0.25, 0.3) is 0 Å². The normalized spacial score (nSPS) is 21.4. The molecule has 2 fully saturated rings. The van der Waals surface area contributed by atoms with E-state index in [0.29, 0.717) is 25.4 Å². The molecule has 1 aromatic rings. The van der Waals surface area contributed by atoms with E-state index in [-0.39, 0.29) is 17.9 Å². The van der Waals surface area contributed by atoms with Crippen LogP contribution < -0.4 is 0 Å². The molecule has 0 aromatic carbocycles. The number of nitrogens with zero attached hydrogens (tertiary/aromatic N) is 3. The van der Waals surface area contributed by atoms with Crippen molar-refractivity contribution in [1.82, 2.24) is 14.8 Å². The number of aromatic nitrogens is 1. The van der Waals surface area contributed by atoms with Crippen molar-refractivity contribution in [3.63, 3.8) is 0 Å². The number of carbonyl (C=O) groups excluding carboxylic acids is 2. The maximum atomic E-state index is 12.8. The summed E-state index contributed by atoms with van der Waals surface area (Å²) in [5.74, 6) is 0.919. The molecule has 26 heavy (non-hydrogen) atoms. The molecule has 1 saturated heterocycles. The van der Waals surface area contributed by atoms with Gasteiger partial charge in [-0.1, -0.05) is 25.3 Å². The van der Waals surface area contributed by atoms with Gasteiger partial charge in [-0.05, 0) is 43.2 Å². The van der Waals surface area contributed by atoms with Crippen LogP contribution in [-0.2, 0) is 16.1 Å². The zero-order chi connectivity index (χ0) is 18.4. The maximum absolute atomic E-state index is 12.8. The van der Waals surface area contributed by atoms with Crippen LogP contribution in [0.5, 0.6) is 0 Å². The summed E-state index contributed by atoms with van der Waals surface area (Å²) >= 11 is 0. The zero-order valence-corrected chi connectivity index (χ0v) is 15.9. The third-order valence-corrected chi connectivity index (χ3v) is 5.86. The predicted molar refractivity (Wildman–Crippen MR) is 101 cm³/mol. The first kappa shape index (κ1) is 18.9. The molecular weight excluding hydrogens is 326 g/mol. The molecule has 3 rings (SSSR count). The van der Waals surface area contributed by atoms with Crippen LogP contribution in [0.2, 0.25) is 0 Å². The average molecular weight is 357 g/mol. The lowest BCUT2D eigenvalue weighted by atomic mass is 9.86. The minimum absolute atomic E-state index is 0.0698. The summed E-state index contributed by atoms with van der Waals surface area (Å²) in [6.07, 6.45) is 12.4. The van der Waals surface area contributed by atoms with Crippen molar-refractivity contribution in [1.29, 1.82) is 0 Å². The van der Waals surface area contributed by atoms with Gasteiger partial charge in [0.2, 0.25) is 11.8 Å². The molecule has 1 aliphatic heterocycles. The van der Waals surface area contributed by atoms with Crippen molar-refractivity contribution in [2.75, 3.05) is 13.1 Å². The van der Waals surface area contributed by atoms with Crippen LogP contribution in [0.1, 0.15) is 63.9 Å². The van der Waals surface area contributed by atoms with Gasteiger partial charge in [-0.2, -0.15) is 0 Å². The number of hydrogen-bond donors (Lipinski definition) is 0. The Kier molecular flexibility index (Phi) is 6.64. The summed E-state index contributed by atoms with van der Waals surface area (Å²) in [4.78, 5) is 33.1. The smallest absolute Gasteiger partial charge is 0.222 e. The third-order valence-electron chi connectivity index (χ3n) is 5.86. The molecule has 0 N–H and O–H groups in total. The van der Waals surface area contributed by atoms with Crippen LogP contribution in [0.4, 0.5) is 0 Å². The van der Waals surface area contributed by atoms with Crippen LogP contribution in [0, 0.1) is 5.92 Å². The average Bonchev–Trinajstić information content (AvgIpc) is 2.67. The Hall–Kier alpha value is -1.91. The van der Waals surface area contributed by atoms with Gasteiger partial charge in [0.1, 0.15) is 0 Å². The van der Waals surface area contributed by atoms with Gasteiger partial charge >= 0.3 is 0 Å². The Balaban J connectivity index is 1.59. The lowest BCUT2D eigenvalue weighted by Crippen LogP contribution is -2.51. The van der Waals surface area contributed by atoms with Crippen LogP contribution in [0.15, 0.2) is 24.5 Å². The lowest BCUT2D eigenvalue weighted by molar-refractivity contribution is -0.139. The van der Waals surface area contributed by atoms with E-state index in [1.165, 1.54) is 32.1 Å². The minimum Gasteiger partial charge on any atom is -0.341 e. The van der Waals surface area contributed by atoms with E-state index in [2.05, 4.69) is 4.98 Å². The number of amides is 2. The number of piperidine rings is 1. The van der Waals surface area contributed by atoms with Crippen LogP contribution in [0.25, 0.3) is 0 Å². The van der Waals surface area contributed by atoms with Gasteiger partial charge in [0, 0.05) is 51.4 Å². The second kappa shape index (κ2) is 9.15. The van der Waals surface area contributed by atoms with Crippen molar-refractivity contribution in [3.8, 4) is 0 Å². The first-order valence-corrected chi connectivity index (χ1v) is 10.1. The summed E-state index contributed by atoms with van der Waals surface area (Å²) in [7, 11) is 0. The molecular formula is C21H31N3O2. The standard InChI is InChI=1S/C21H31N3O2/c1-17(25)24(15-19-9-5-11-22-14-19)20-10-6-12-23(16-20)21(26)13-18-7-3-2-4-8-18/h5,9,11,14,18,20H,2-4,6-8,10,12-13,15-16H2,1H3. The zero-order valence-electron chi connectivity index (χ0n) is 15.9. The quantitative estimate of drug-likeness (QED) is 0.812. The van der Waals surface area contributed by atoms with Crippen molar-refractivity contribution < 1.29 is 9.59 Å². The fourth-order valence-electron chi connectivity index (χ4n) is 4.39. The first-order chi connectivity index (χ1) is 12.6.